The fourth-order valence-electron chi connectivity index (χ4n) is 3.01. The molecule has 6 nitrogen and oxygen atoms in total. The van der Waals surface area contributed by atoms with Crippen LogP contribution in [0.2, 0.25) is 0 Å². The molecule has 0 N–H and O–H groups in total. The van der Waals surface area contributed by atoms with Gasteiger partial charge < -0.3 is 14.6 Å². The Balaban J connectivity index is 1.63. The Morgan fingerprint density at radius 1 is 0.821 bits per heavy atom. The Kier molecular flexibility index (Phi) is 4.16. The number of carboxylic acid groups (broad SMARTS) is 1. The van der Waals surface area contributed by atoms with E-state index in [0.29, 0.717) is 11.5 Å². The van der Waals surface area contributed by atoms with E-state index in [-0.39, 0.29) is 22.4 Å². The van der Waals surface area contributed by atoms with Crippen LogP contribution < -0.4 is 14.7 Å². The monoisotopic (exact) mass is 372 g/mol. The van der Waals surface area contributed by atoms with Crippen molar-refractivity contribution in [3.05, 3.63) is 89.0 Å². The third kappa shape index (κ3) is 3.01. The van der Waals surface area contributed by atoms with Crippen LogP contribution in [0.15, 0.2) is 66.7 Å². The lowest BCUT2D eigenvalue weighted by Crippen LogP contribution is -2.29. The highest BCUT2D eigenvalue weighted by Crippen LogP contribution is 2.32. The molecule has 1 aliphatic rings. The minimum atomic E-state index is -1.33. The number of ether oxygens (including phenoxy) is 1. The molecule has 1 heterocycles. The summed E-state index contributed by atoms with van der Waals surface area (Å²) in [6.45, 7) is 1.97. The van der Waals surface area contributed by atoms with Gasteiger partial charge in [-0.3, -0.25) is 9.59 Å². The molecule has 0 atom stereocenters. The third-order valence-corrected chi connectivity index (χ3v) is 4.48. The molecule has 0 unspecified atom stereocenters. The van der Waals surface area contributed by atoms with Crippen molar-refractivity contribution < 1.29 is 24.2 Å². The maximum absolute atomic E-state index is 12.8. The van der Waals surface area contributed by atoms with Crippen molar-refractivity contribution in [3.8, 4) is 11.5 Å². The van der Waals surface area contributed by atoms with Crippen LogP contribution in [-0.4, -0.2) is 17.8 Å². The van der Waals surface area contributed by atoms with Gasteiger partial charge in [-0.1, -0.05) is 29.8 Å². The van der Waals surface area contributed by atoms with E-state index in [0.717, 1.165) is 10.5 Å². The molecular weight excluding hydrogens is 358 g/mol. The zero-order chi connectivity index (χ0) is 19.8. The largest absolute Gasteiger partial charge is 0.545 e. The predicted octanol–water partition coefficient (Wildman–Crippen LogP) is 2.95. The molecule has 2 amide bonds. The van der Waals surface area contributed by atoms with Crippen molar-refractivity contribution in [1.29, 1.82) is 0 Å². The van der Waals surface area contributed by atoms with Gasteiger partial charge in [0.1, 0.15) is 11.5 Å². The van der Waals surface area contributed by atoms with Crippen LogP contribution in [0, 0.1) is 6.92 Å². The van der Waals surface area contributed by atoms with E-state index in [1.54, 1.807) is 12.1 Å². The number of carboxylic acids is 1. The van der Waals surface area contributed by atoms with E-state index in [1.165, 1.54) is 30.3 Å². The van der Waals surface area contributed by atoms with Gasteiger partial charge in [-0.25, -0.2) is 4.90 Å². The van der Waals surface area contributed by atoms with Crippen LogP contribution in [0.25, 0.3) is 0 Å². The standard InChI is InChI=1S/C22H15NO5/c1-13-2-8-16(9-3-13)28-17-10-11-18-19(12-17)21(25)23(20(18)24)15-6-4-14(5-7-15)22(26)27/h2-12H,1H3,(H,26,27)/p-1. The van der Waals surface area contributed by atoms with Gasteiger partial charge in [-0.2, -0.15) is 0 Å². The highest BCUT2D eigenvalue weighted by atomic mass is 16.5. The van der Waals surface area contributed by atoms with Crippen molar-refractivity contribution in [2.75, 3.05) is 4.90 Å². The topological polar surface area (TPSA) is 86.7 Å². The summed E-state index contributed by atoms with van der Waals surface area (Å²) in [6, 6.07) is 17.6. The Morgan fingerprint density at radius 2 is 1.43 bits per heavy atom. The van der Waals surface area contributed by atoms with Crippen molar-refractivity contribution >= 4 is 23.5 Å². The van der Waals surface area contributed by atoms with Gasteiger partial charge >= 0.3 is 0 Å². The Morgan fingerprint density at radius 3 is 2.07 bits per heavy atom. The summed E-state index contributed by atoms with van der Waals surface area (Å²) >= 11 is 0. The van der Waals surface area contributed by atoms with Gasteiger partial charge in [0.25, 0.3) is 11.8 Å². The van der Waals surface area contributed by atoms with E-state index >= 15 is 0 Å². The van der Waals surface area contributed by atoms with Gasteiger partial charge in [0.05, 0.1) is 22.8 Å². The Bertz CT molecular complexity index is 1100. The summed E-state index contributed by atoms with van der Waals surface area (Å²) in [5, 5.41) is 10.9. The molecule has 0 aliphatic carbocycles. The first-order valence-corrected chi connectivity index (χ1v) is 8.53. The second-order valence-electron chi connectivity index (χ2n) is 6.40. The van der Waals surface area contributed by atoms with Crippen molar-refractivity contribution in [2.45, 2.75) is 6.92 Å². The summed E-state index contributed by atoms with van der Waals surface area (Å²) in [4.78, 5) is 37.4. The zero-order valence-electron chi connectivity index (χ0n) is 14.8. The average Bonchev–Trinajstić information content (AvgIpc) is 2.94. The quantitative estimate of drug-likeness (QED) is 0.657. The lowest BCUT2D eigenvalue weighted by atomic mass is 10.1. The molecule has 28 heavy (non-hydrogen) atoms. The first-order valence-electron chi connectivity index (χ1n) is 8.53. The number of aromatic carboxylic acids is 1. The Hall–Kier alpha value is -3.93. The van der Waals surface area contributed by atoms with Gasteiger partial charge in [-0.15, -0.1) is 0 Å². The second kappa shape index (κ2) is 6.66. The molecular formula is C22H14NO5-. The number of benzene rings is 3. The third-order valence-electron chi connectivity index (χ3n) is 4.48. The number of carbonyl (C=O) groups excluding carboxylic acids is 3. The van der Waals surface area contributed by atoms with Crippen LogP contribution in [0.1, 0.15) is 36.6 Å². The van der Waals surface area contributed by atoms with Crippen LogP contribution in [-0.2, 0) is 0 Å². The van der Waals surface area contributed by atoms with E-state index < -0.39 is 17.8 Å². The smallest absolute Gasteiger partial charge is 0.266 e. The molecule has 0 spiro atoms. The molecule has 138 valence electrons. The summed E-state index contributed by atoms with van der Waals surface area (Å²) in [5.74, 6) is -1.22. The SMILES string of the molecule is Cc1ccc(Oc2ccc3c(c2)C(=O)N(c2ccc(C(=O)[O-])cc2)C3=O)cc1. The molecule has 0 radical (unpaired) electrons. The summed E-state index contributed by atoms with van der Waals surface area (Å²) in [6.07, 6.45) is 0. The van der Waals surface area contributed by atoms with Crippen LogP contribution in [0.4, 0.5) is 5.69 Å². The number of hydrogen-bond donors (Lipinski definition) is 0. The lowest BCUT2D eigenvalue weighted by molar-refractivity contribution is -0.255. The van der Waals surface area contributed by atoms with Gasteiger partial charge in [0.2, 0.25) is 0 Å². The number of anilines is 1. The highest BCUT2D eigenvalue weighted by molar-refractivity contribution is 6.34. The molecule has 0 saturated carbocycles. The van der Waals surface area contributed by atoms with E-state index in [2.05, 4.69) is 0 Å². The number of carbonyl (C=O) groups is 3. The van der Waals surface area contributed by atoms with E-state index in [1.807, 2.05) is 31.2 Å². The molecule has 3 aromatic carbocycles. The predicted molar refractivity (Wildman–Crippen MR) is 99.6 cm³/mol. The van der Waals surface area contributed by atoms with Crippen molar-refractivity contribution in [2.24, 2.45) is 0 Å². The summed E-state index contributed by atoms with van der Waals surface area (Å²) < 4.78 is 5.77. The molecule has 3 aromatic rings. The first-order chi connectivity index (χ1) is 13.4. The van der Waals surface area contributed by atoms with Crippen LogP contribution >= 0.6 is 0 Å². The maximum Gasteiger partial charge on any atom is 0.266 e. The second-order valence-corrected chi connectivity index (χ2v) is 6.40. The van der Waals surface area contributed by atoms with Crippen molar-refractivity contribution in [1.82, 2.24) is 0 Å². The fraction of sp³-hybridized carbons (Fsp3) is 0.0455. The maximum atomic E-state index is 12.8. The first kappa shape index (κ1) is 17.5. The van der Waals surface area contributed by atoms with Gasteiger partial charge in [0, 0.05) is 0 Å². The van der Waals surface area contributed by atoms with Crippen LogP contribution in [0.3, 0.4) is 0 Å². The zero-order valence-corrected chi connectivity index (χ0v) is 14.8. The Labute approximate surface area is 160 Å². The molecule has 4 rings (SSSR count). The minimum Gasteiger partial charge on any atom is -0.545 e. The molecule has 0 aromatic heterocycles. The van der Waals surface area contributed by atoms with Crippen molar-refractivity contribution in [3.63, 3.8) is 0 Å². The number of aryl methyl sites for hydroxylation is 1. The van der Waals surface area contributed by atoms with Gasteiger partial charge in [0.15, 0.2) is 0 Å². The molecule has 0 fully saturated rings. The molecule has 6 heteroatoms. The number of fused-ring (bicyclic) bond motifs is 1. The van der Waals surface area contributed by atoms with Crippen LogP contribution in [0.5, 0.6) is 11.5 Å². The number of hydrogen-bond acceptors (Lipinski definition) is 5. The molecule has 1 aliphatic heterocycles. The normalized spacial score (nSPS) is 12.8. The number of imide groups is 1. The van der Waals surface area contributed by atoms with E-state index in [4.69, 9.17) is 4.74 Å². The van der Waals surface area contributed by atoms with E-state index in [9.17, 15) is 19.5 Å². The molecule has 0 bridgehead atoms. The number of nitrogens with zero attached hydrogens (tertiary/aromatic N) is 1. The summed E-state index contributed by atoms with van der Waals surface area (Å²) in [7, 11) is 0. The lowest BCUT2D eigenvalue weighted by Gasteiger charge is -2.14. The number of amides is 2. The molecule has 0 saturated heterocycles. The highest BCUT2D eigenvalue weighted by Gasteiger charge is 2.37. The summed E-state index contributed by atoms with van der Waals surface area (Å²) in [5.41, 5.74) is 1.86. The minimum absolute atomic E-state index is 0.0332. The van der Waals surface area contributed by atoms with Gasteiger partial charge in [-0.05, 0) is 55.0 Å². The number of rotatable bonds is 4. The fourth-order valence-corrected chi connectivity index (χ4v) is 3.01. The average molecular weight is 372 g/mol.